The van der Waals surface area contributed by atoms with Crippen molar-refractivity contribution in [2.45, 2.75) is 52.9 Å². The fraction of sp³-hybridized carbons (Fsp3) is 0.619. The van der Waals surface area contributed by atoms with Crippen LogP contribution in [0.4, 0.5) is 4.39 Å². The number of carbonyl (C=O) groups excluding carboxylic acids is 2. The van der Waals surface area contributed by atoms with Gasteiger partial charge in [0, 0.05) is 22.8 Å². The van der Waals surface area contributed by atoms with E-state index in [1.807, 2.05) is 19.1 Å². The maximum absolute atomic E-state index is 14.7. The highest BCUT2D eigenvalue weighted by molar-refractivity contribution is 6.05. The van der Waals surface area contributed by atoms with E-state index in [-0.39, 0.29) is 5.41 Å². The normalized spacial score (nSPS) is 46.2. The molecule has 24 heavy (non-hydrogen) atoms. The molecule has 0 unspecified atom stereocenters. The molecule has 4 rings (SSSR count). The molecule has 128 valence electrons. The molecule has 0 aliphatic heterocycles. The van der Waals surface area contributed by atoms with Crippen molar-refractivity contribution in [3.05, 3.63) is 35.2 Å². The fourth-order valence-electron chi connectivity index (χ4n) is 6.27. The van der Waals surface area contributed by atoms with Gasteiger partial charge in [-0.15, -0.1) is 0 Å². The van der Waals surface area contributed by atoms with Gasteiger partial charge in [0.2, 0.25) is 5.78 Å². The molecule has 0 radical (unpaired) electrons. The Bertz CT molecular complexity index is 728. The van der Waals surface area contributed by atoms with E-state index in [1.165, 1.54) is 6.08 Å². The number of hydrogen-bond acceptors (Lipinski definition) is 2. The van der Waals surface area contributed by atoms with Crippen LogP contribution < -0.4 is 0 Å². The van der Waals surface area contributed by atoms with Crippen LogP contribution in [-0.4, -0.2) is 11.6 Å². The van der Waals surface area contributed by atoms with E-state index in [2.05, 4.69) is 13.8 Å². The molecule has 0 aromatic carbocycles. The molecule has 3 saturated carbocycles. The quantitative estimate of drug-likeness (QED) is 0.645. The molecule has 0 N–H and O–H groups in total. The summed E-state index contributed by atoms with van der Waals surface area (Å²) in [6, 6.07) is 0. The third-order valence-electron chi connectivity index (χ3n) is 7.60. The number of fused-ring (bicyclic) bond motifs is 5. The zero-order valence-electron chi connectivity index (χ0n) is 14.7. The van der Waals surface area contributed by atoms with Crippen LogP contribution in [0.15, 0.2) is 35.2 Å². The molecule has 3 fully saturated rings. The van der Waals surface area contributed by atoms with Gasteiger partial charge in [-0.2, -0.15) is 0 Å². The third-order valence-corrected chi connectivity index (χ3v) is 7.60. The van der Waals surface area contributed by atoms with Crippen LogP contribution in [-0.2, 0) is 9.59 Å². The summed E-state index contributed by atoms with van der Waals surface area (Å²) in [5.41, 5.74) is 0.976. The van der Waals surface area contributed by atoms with Gasteiger partial charge in [0.05, 0.1) is 0 Å². The van der Waals surface area contributed by atoms with E-state index in [9.17, 15) is 14.0 Å². The minimum atomic E-state index is -0.567. The van der Waals surface area contributed by atoms with Crippen LogP contribution in [0.1, 0.15) is 52.9 Å². The van der Waals surface area contributed by atoms with Gasteiger partial charge in [0.1, 0.15) is 5.78 Å². The highest BCUT2D eigenvalue weighted by Crippen LogP contribution is 2.65. The first-order valence-electron chi connectivity index (χ1n) is 9.15. The number of allylic oxidation sites excluding steroid dienone is 6. The summed E-state index contributed by atoms with van der Waals surface area (Å²) < 4.78 is 14.7. The second kappa shape index (κ2) is 5.00. The van der Waals surface area contributed by atoms with E-state index in [0.29, 0.717) is 35.5 Å². The van der Waals surface area contributed by atoms with Gasteiger partial charge < -0.3 is 0 Å². The van der Waals surface area contributed by atoms with Crippen molar-refractivity contribution in [1.82, 2.24) is 0 Å². The molecule has 0 aromatic heterocycles. The zero-order valence-corrected chi connectivity index (χ0v) is 14.7. The summed E-state index contributed by atoms with van der Waals surface area (Å²) in [7, 11) is 0. The number of ketones is 2. The van der Waals surface area contributed by atoms with Gasteiger partial charge in [-0.05, 0) is 62.0 Å². The Morgan fingerprint density at radius 2 is 1.96 bits per heavy atom. The van der Waals surface area contributed by atoms with E-state index in [4.69, 9.17) is 0 Å². The SMILES string of the molecule is C/C=C1\C[C@@H]2[C@H](CC[C@]3(C)C(=O)CC[C@@H]23)[C@@]2(C)C=CC(=O)C(F)=C12. The van der Waals surface area contributed by atoms with E-state index in [0.717, 1.165) is 31.3 Å². The maximum atomic E-state index is 14.7. The van der Waals surface area contributed by atoms with Crippen LogP contribution in [0.3, 0.4) is 0 Å². The molecule has 0 spiro atoms. The predicted octanol–water partition coefficient (Wildman–Crippen LogP) is 4.72. The molecule has 4 aliphatic carbocycles. The standard InChI is InChI=1S/C21H25FO2/c1-4-12-11-13-14-5-6-17(24)20(14,2)9-7-15(13)21(3)10-8-16(23)19(22)18(12)21/h4,8,10,13-15H,5-7,9,11H2,1-3H3/b12-4+/t13-,14-,15-,20-,21+/m0/s1. The van der Waals surface area contributed by atoms with Gasteiger partial charge in [-0.1, -0.05) is 26.0 Å². The van der Waals surface area contributed by atoms with Crippen molar-refractivity contribution in [2.24, 2.45) is 28.6 Å². The first kappa shape index (κ1) is 16.0. The van der Waals surface area contributed by atoms with Crippen LogP contribution >= 0.6 is 0 Å². The fourth-order valence-corrected chi connectivity index (χ4v) is 6.27. The molecule has 2 nitrogen and oxygen atoms in total. The first-order valence-corrected chi connectivity index (χ1v) is 9.15. The Labute approximate surface area is 142 Å². The highest BCUT2D eigenvalue weighted by atomic mass is 19.1. The van der Waals surface area contributed by atoms with Crippen molar-refractivity contribution < 1.29 is 14.0 Å². The van der Waals surface area contributed by atoms with E-state index < -0.39 is 17.0 Å². The molecular weight excluding hydrogens is 303 g/mol. The average molecular weight is 328 g/mol. The van der Waals surface area contributed by atoms with Crippen LogP contribution in [0.25, 0.3) is 0 Å². The average Bonchev–Trinajstić information content (AvgIpc) is 2.86. The largest absolute Gasteiger partial charge is 0.299 e. The summed E-state index contributed by atoms with van der Waals surface area (Å²) in [6.45, 7) is 6.17. The zero-order chi connectivity index (χ0) is 17.3. The summed E-state index contributed by atoms with van der Waals surface area (Å²) in [5, 5.41) is 0. The molecule has 0 saturated heterocycles. The van der Waals surface area contributed by atoms with Gasteiger partial charge in [-0.25, -0.2) is 4.39 Å². The van der Waals surface area contributed by atoms with Crippen molar-refractivity contribution in [3.63, 3.8) is 0 Å². The summed E-state index contributed by atoms with van der Waals surface area (Å²) >= 11 is 0. The lowest BCUT2D eigenvalue weighted by molar-refractivity contribution is -0.131. The Morgan fingerprint density at radius 1 is 1.21 bits per heavy atom. The smallest absolute Gasteiger partial charge is 0.214 e. The van der Waals surface area contributed by atoms with Crippen molar-refractivity contribution in [2.75, 3.05) is 0 Å². The molecular formula is C21H25FO2. The molecule has 0 aromatic rings. The molecule has 0 amide bonds. The summed E-state index contributed by atoms with van der Waals surface area (Å²) in [4.78, 5) is 24.4. The Morgan fingerprint density at radius 3 is 2.67 bits per heavy atom. The summed E-state index contributed by atoms with van der Waals surface area (Å²) in [5.74, 6) is 0.460. The Balaban J connectivity index is 1.84. The minimum Gasteiger partial charge on any atom is -0.299 e. The van der Waals surface area contributed by atoms with Crippen LogP contribution in [0, 0.1) is 28.6 Å². The second-order valence-electron chi connectivity index (χ2n) is 8.48. The molecule has 4 aliphatic rings. The minimum absolute atomic E-state index is 0.190. The van der Waals surface area contributed by atoms with Gasteiger partial charge in [0.25, 0.3) is 0 Å². The number of hydrogen-bond donors (Lipinski definition) is 0. The van der Waals surface area contributed by atoms with Crippen molar-refractivity contribution in [3.8, 4) is 0 Å². The summed E-state index contributed by atoms with van der Waals surface area (Å²) in [6.07, 6.45) is 9.62. The molecule has 0 bridgehead atoms. The van der Waals surface area contributed by atoms with Crippen LogP contribution in [0.5, 0.6) is 0 Å². The predicted molar refractivity (Wildman–Crippen MR) is 90.8 cm³/mol. The number of Topliss-reactive ketones (excluding diaryl/α,β-unsaturated/α-hetero) is 1. The molecule has 3 heteroatoms. The van der Waals surface area contributed by atoms with Crippen molar-refractivity contribution in [1.29, 1.82) is 0 Å². The number of carbonyl (C=O) groups is 2. The Kier molecular flexibility index (Phi) is 3.33. The van der Waals surface area contributed by atoms with Crippen molar-refractivity contribution >= 4 is 11.6 Å². The lowest BCUT2D eigenvalue weighted by atomic mass is 9.47. The van der Waals surface area contributed by atoms with E-state index >= 15 is 0 Å². The lowest BCUT2D eigenvalue weighted by Gasteiger charge is -2.56. The van der Waals surface area contributed by atoms with Gasteiger partial charge >= 0.3 is 0 Å². The molecule has 5 atom stereocenters. The highest BCUT2D eigenvalue weighted by Gasteiger charge is 2.59. The van der Waals surface area contributed by atoms with Gasteiger partial charge in [0.15, 0.2) is 5.83 Å². The number of rotatable bonds is 0. The van der Waals surface area contributed by atoms with Gasteiger partial charge in [-0.3, -0.25) is 9.59 Å². The Hall–Kier alpha value is -1.51. The monoisotopic (exact) mass is 328 g/mol. The topological polar surface area (TPSA) is 34.1 Å². The lowest BCUT2D eigenvalue weighted by Crippen LogP contribution is -2.50. The number of halogens is 1. The van der Waals surface area contributed by atoms with E-state index in [1.54, 1.807) is 0 Å². The molecule has 0 heterocycles. The van der Waals surface area contributed by atoms with Crippen LogP contribution in [0.2, 0.25) is 0 Å². The second-order valence-corrected chi connectivity index (χ2v) is 8.48. The third kappa shape index (κ3) is 1.81. The maximum Gasteiger partial charge on any atom is 0.214 e. The first-order chi connectivity index (χ1) is 11.3.